The first-order chi connectivity index (χ1) is 13.3. The minimum absolute atomic E-state index is 0.00402. The maximum atomic E-state index is 12.8. The molecule has 0 aliphatic carbocycles. The Morgan fingerprint density at radius 1 is 1.21 bits per heavy atom. The van der Waals surface area contributed by atoms with Crippen molar-refractivity contribution >= 4 is 22.5 Å². The number of carbonyl (C=O) groups excluding carboxylic acids is 1. The first kappa shape index (κ1) is 17.8. The zero-order valence-corrected chi connectivity index (χ0v) is 14.5. The van der Waals surface area contributed by atoms with Gasteiger partial charge < -0.3 is 15.0 Å². The van der Waals surface area contributed by atoms with Gasteiger partial charge in [0.25, 0.3) is 5.91 Å². The molecule has 0 saturated heterocycles. The number of nitrogens with zero attached hydrogens (tertiary/aromatic N) is 3. The van der Waals surface area contributed by atoms with E-state index >= 15 is 0 Å². The van der Waals surface area contributed by atoms with Gasteiger partial charge in [-0.25, -0.2) is 0 Å². The first-order valence-electron chi connectivity index (χ1n) is 8.21. The summed E-state index contributed by atoms with van der Waals surface area (Å²) < 4.78 is 44.9. The summed E-state index contributed by atoms with van der Waals surface area (Å²) >= 11 is 0. The molecule has 1 amide bonds. The molecule has 28 heavy (non-hydrogen) atoms. The van der Waals surface area contributed by atoms with Crippen LogP contribution >= 0.6 is 0 Å². The number of hydrogen-bond donors (Lipinski definition) is 2. The number of alkyl halides is 3. The molecular formula is C18H14F3N5O2. The lowest BCUT2D eigenvalue weighted by atomic mass is 10.2. The van der Waals surface area contributed by atoms with Gasteiger partial charge in [0.1, 0.15) is 11.4 Å². The second-order valence-electron chi connectivity index (χ2n) is 6.08. The van der Waals surface area contributed by atoms with Crippen LogP contribution in [-0.4, -0.2) is 32.6 Å². The van der Waals surface area contributed by atoms with Gasteiger partial charge in [-0.1, -0.05) is 0 Å². The molecule has 1 aromatic carbocycles. The largest absolute Gasteiger partial charge is 0.497 e. The van der Waals surface area contributed by atoms with Crippen molar-refractivity contribution in [1.29, 1.82) is 0 Å². The average Bonchev–Trinajstić information content (AvgIpc) is 3.28. The Hall–Kier alpha value is -3.56. The van der Waals surface area contributed by atoms with Gasteiger partial charge in [0.2, 0.25) is 0 Å². The topological polar surface area (TPSA) is 84.3 Å². The third-order valence-corrected chi connectivity index (χ3v) is 4.29. The van der Waals surface area contributed by atoms with Gasteiger partial charge in [0.15, 0.2) is 11.5 Å². The number of rotatable bonds is 4. The molecule has 0 aliphatic rings. The quantitative estimate of drug-likeness (QED) is 0.562. The highest BCUT2D eigenvalue weighted by Gasteiger charge is 2.31. The highest BCUT2D eigenvalue weighted by Crippen LogP contribution is 2.29. The molecule has 0 radical (unpaired) electrons. The lowest BCUT2D eigenvalue weighted by Crippen LogP contribution is -2.24. The summed E-state index contributed by atoms with van der Waals surface area (Å²) in [5.74, 6) is 0.600. The number of carbonyl (C=O) groups is 1. The average molecular weight is 389 g/mol. The van der Waals surface area contributed by atoms with Crippen LogP contribution in [-0.2, 0) is 12.7 Å². The number of aromatic amines is 1. The van der Waals surface area contributed by atoms with Crippen LogP contribution in [0, 0.1) is 0 Å². The Morgan fingerprint density at radius 2 is 2.04 bits per heavy atom. The van der Waals surface area contributed by atoms with Gasteiger partial charge in [-0.15, -0.1) is 10.2 Å². The van der Waals surface area contributed by atoms with Crippen LogP contribution in [0.4, 0.5) is 13.2 Å². The lowest BCUT2D eigenvalue weighted by molar-refractivity contribution is -0.137. The summed E-state index contributed by atoms with van der Waals surface area (Å²) in [7, 11) is 1.55. The van der Waals surface area contributed by atoms with E-state index in [2.05, 4.69) is 20.5 Å². The fourth-order valence-electron chi connectivity index (χ4n) is 2.85. The van der Waals surface area contributed by atoms with Crippen LogP contribution in [0.5, 0.6) is 5.75 Å². The van der Waals surface area contributed by atoms with Gasteiger partial charge in [-0.3, -0.25) is 9.20 Å². The fourth-order valence-corrected chi connectivity index (χ4v) is 2.85. The van der Waals surface area contributed by atoms with Gasteiger partial charge >= 0.3 is 6.18 Å². The number of nitrogens with one attached hydrogen (secondary N) is 2. The summed E-state index contributed by atoms with van der Waals surface area (Å²) in [4.78, 5) is 15.4. The predicted molar refractivity (Wildman–Crippen MR) is 94.0 cm³/mol. The zero-order valence-electron chi connectivity index (χ0n) is 14.5. The van der Waals surface area contributed by atoms with Crippen molar-refractivity contribution in [2.45, 2.75) is 12.7 Å². The van der Waals surface area contributed by atoms with Crippen LogP contribution in [0.3, 0.4) is 0 Å². The van der Waals surface area contributed by atoms with Crippen LogP contribution in [0.25, 0.3) is 16.6 Å². The highest BCUT2D eigenvalue weighted by atomic mass is 19.4. The summed E-state index contributed by atoms with van der Waals surface area (Å²) in [5, 5.41) is 11.1. The second kappa shape index (κ2) is 6.55. The third kappa shape index (κ3) is 3.24. The summed E-state index contributed by atoms with van der Waals surface area (Å²) in [6.07, 6.45) is -3.23. The van der Waals surface area contributed by atoms with Crippen molar-refractivity contribution in [2.24, 2.45) is 0 Å². The molecule has 0 unspecified atom stereocenters. The molecule has 0 atom stereocenters. The van der Waals surface area contributed by atoms with Crippen molar-refractivity contribution < 1.29 is 22.7 Å². The molecule has 10 heteroatoms. The van der Waals surface area contributed by atoms with E-state index in [1.807, 2.05) is 6.07 Å². The molecule has 0 aliphatic heterocycles. The van der Waals surface area contributed by atoms with Crippen LogP contribution < -0.4 is 10.1 Å². The van der Waals surface area contributed by atoms with E-state index in [1.54, 1.807) is 25.3 Å². The van der Waals surface area contributed by atoms with E-state index in [0.29, 0.717) is 17.3 Å². The molecule has 4 rings (SSSR count). The van der Waals surface area contributed by atoms with Crippen LogP contribution in [0.1, 0.15) is 21.9 Å². The Bertz CT molecular complexity index is 1180. The number of halogens is 3. The molecule has 3 aromatic heterocycles. The summed E-state index contributed by atoms with van der Waals surface area (Å²) in [6, 6.07) is 8.93. The van der Waals surface area contributed by atoms with E-state index < -0.39 is 11.7 Å². The zero-order chi connectivity index (χ0) is 19.9. The number of aromatic nitrogens is 4. The van der Waals surface area contributed by atoms with E-state index in [0.717, 1.165) is 23.0 Å². The maximum Gasteiger partial charge on any atom is 0.416 e. The number of fused-ring (bicyclic) bond motifs is 2. The SMILES string of the molecule is COc1ccc2cc(C(=O)NCc3nnc4cc(C(F)(F)F)ccn34)[nH]c2c1. The standard InChI is InChI=1S/C18H14F3N5O2/c1-28-12-3-2-10-6-14(23-13(10)8-12)17(27)22-9-16-25-24-15-7-11(18(19,20)21)4-5-26(15)16/h2-8,23H,9H2,1H3,(H,22,27). The Labute approximate surface area is 156 Å². The van der Waals surface area contributed by atoms with Gasteiger partial charge in [-0.05, 0) is 30.3 Å². The van der Waals surface area contributed by atoms with Crippen molar-refractivity contribution in [3.8, 4) is 5.75 Å². The van der Waals surface area contributed by atoms with E-state index in [-0.39, 0.29) is 18.1 Å². The van der Waals surface area contributed by atoms with Crippen molar-refractivity contribution in [3.63, 3.8) is 0 Å². The molecule has 0 fully saturated rings. The predicted octanol–water partition coefficient (Wildman–Crippen LogP) is 3.17. The van der Waals surface area contributed by atoms with E-state index in [4.69, 9.17) is 4.74 Å². The number of H-pyrrole nitrogens is 1. The minimum Gasteiger partial charge on any atom is -0.497 e. The minimum atomic E-state index is -4.46. The smallest absolute Gasteiger partial charge is 0.416 e. The molecule has 0 saturated carbocycles. The second-order valence-corrected chi connectivity index (χ2v) is 6.08. The van der Waals surface area contributed by atoms with E-state index in [9.17, 15) is 18.0 Å². The lowest BCUT2D eigenvalue weighted by Gasteiger charge is -2.07. The number of benzene rings is 1. The molecule has 3 heterocycles. The fraction of sp³-hybridized carbons (Fsp3) is 0.167. The molecule has 144 valence electrons. The molecule has 4 aromatic rings. The number of methoxy groups -OCH3 is 1. The van der Waals surface area contributed by atoms with Gasteiger partial charge in [0.05, 0.1) is 19.2 Å². The number of amides is 1. The molecular weight excluding hydrogens is 375 g/mol. The first-order valence-corrected chi connectivity index (χ1v) is 8.21. The normalized spacial score (nSPS) is 11.9. The van der Waals surface area contributed by atoms with Crippen molar-refractivity contribution in [3.05, 3.63) is 59.7 Å². The molecule has 0 bridgehead atoms. The van der Waals surface area contributed by atoms with Crippen molar-refractivity contribution in [2.75, 3.05) is 7.11 Å². The maximum absolute atomic E-state index is 12.8. The Balaban J connectivity index is 1.52. The Kier molecular flexibility index (Phi) is 4.17. The van der Waals surface area contributed by atoms with Gasteiger partial charge in [-0.2, -0.15) is 13.2 Å². The number of pyridine rings is 1. The van der Waals surface area contributed by atoms with Crippen molar-refractivity contribution in [1.82, 2.24) is 24.9 Å². The van der Waals surface area contributed by atoms with E-state index in [1.165, 1.54) is 10.6 Å². The molecule has 0 spiro atoms. The number of hydrogen-bond acceptors (Lipinski definition) is 4. The van der Waals surface area contributed by atoms with Crippen LogP contribution in [0.2, 0.25) is 0 Å². The third-order valence-electron chi connectivity index (χ3n) is 4.29. The summed E-state index contributed by atoms with van der Waals surface area (Å²) in [6.45, 7) is 0.00402. The highest BCUT2D eigenvalue weighted by molar-refractivity contribution is 5.98. The summed E-state index contributed by atoms with van der Waals surface area (Å²) in [5.41, 5.74) is 0.335. The van der Waals surface area contributed by atoms with Crippen LogP contribution in [0.15, 0.2) is 42.6 Å². The monoisotopic (exact) mass is 389 g/mol. The van der Waals surface area contributed by atoms with Gasteiger partial charge in [0, 0.05) is 23.2 Å². The Morgan fingerprint density at radius 3 is 2.79 bits per heavy atom. The molecule has 7 nitrogen and oxygen atoms in total. The molecule has 2 N–H and O–H groups in total. The number of ether oxygens (including phenoxy) is 1.